The van der Waals surface area contributed by atoms with Crippen molar-refractivity contribution in [1.82, 2.24) is 4.98 Å². The third kappa shape index (κ3) is 3.75. The minimum Gasteiger partial charge on any atom is -1.00 e. The van der Waals surface area contributed by atoms with E-state index in [9.17, 15) is 4.79 Å². The van der Waals surface area contributed by atoms with Crippen LogP contribution in [0.25, 0.3) is 27.9 Å². The maximum atomic E-state index is 11.9. The summed E-state index contributed by atoms with van der Waals surface area (Å²) in [6.45, 7) is 0. The summed E-state index contributed by atoms with van der Waals surface area (Å²) in [7, 11) is 1.45. The van der Waals surface area contributed by atoms with Crippen molar-refractivity contribution in [3.05, 3.63) is 84.3 Å². The fourth-order valence-electron chi connectivity index (χ4n) is 4.81. The predicted molar refractivity (Wildman–Crippen MR) is 128 cm³/mol. The number of aliphatic imine (C=N–C) groups is 2. The van der Waals surface area contributed by atoms with E-state index in [0.717, 1.165) is 62.7 Å². The molecule has 0 spiro atoms. The van der Waals surface area contributed by atoms with E-state index in [1.54, 1.807) is 0 Å². The number of hydrogen-bond acceptors (Lipinski definition) is 5. The van der Waals surface area contributed by atoms with Crippen LogP contribution >= 0.6 is 0 Å². The molecule has 0 amide bonds. The van der Waals surface area contributed by atoms with Gasteiger partial charge in [0.25, 0.3) is 0 Å². The molecule has 7 heteroatoms. The van der Waals surface area contributed by atoms with Gasteiger partial charge in [-0.2, -0.15) is 4.99 Å². The number of amidine groups is 1. The quantitative estimate of drug-likeness (QED) is 0.569. The van der Waals surface area contributed by atoms with Gasteiger partial charge in [0, 0.05) is 16.5 Å². The minimum atomic E-state index is -0.126. The number of pyridine rings is 1. The molecular weight excluding hydrogens is 448 g/mol. The van der Waals surface area contributed by atoms with Crippen molar-refractivity contribution in [2.45, 2.75) is 12.8 Å². The summed E-state index contributed by atoms with van der Waals surface area (Å²) in [5.41, 5.74) is 5.96. The average Bonchev–Trinajstić information content (AvgIpc) is 3.22. The third-order valence-corrected chi connectivity index (χ3v) is 6.68. The molecule has 0 radical (unpaired) electrons. The highest BCUT2D eigenvalue weighted by molar-refractivity contribution is 6.01. The first-order chi connectivity index (χ1) is 16.2. The molecule has 0 saturated heterocycles. The van der Waals surface area contributed by atoms with Gasteiger partial charge in [0.15, 0.2) is 5.70 Å². The van der Waals surface area contributed by atoms with E-state index in [-0.39, 0.29) is 30.2 Å². The predicted octanol–water partition coefficient (Wildman–Crippen LogP) is 0.626. The molecule has 34 heavy (non-hydrogen) atoms. The Kier molecular flexibility index (Phi) is 5.86. The Morgan fingerprint density at radius 1 is 1.03 bits per heavy atom. The van der Waals surface area contributed by atoms with Crippen molar-refractivity contribution in [2.24, 2.45) is 21.8 Å². The molecule has 1 saturated carbocycles. The number of benzene rings is 2. The van der Waals surface area contributed by atoms with Crippen molar-refractivity contribution in [1.29, 1.82) is 0 Å². The maximum absolute atomic E-state index is 11.9. The normalized spacial score (nSPS) is 22.6. The molecular formula is C27H23ClN4O2. The summed E-state index contributed by atoms with van der Waals surface area (Å²) in [4.78, 5) is 27.3. The number of methoxy groups -OCH3 is 1. The largest absolute Gasteiger partial charge is 1.00 e. The van der Waals surface area contributed by atoms with E-state index in [1.165, 1.54) is 7.11 Å². The SMILES string of the molecule is COC(=O)C1CC(C2=NC(c3ccc4ccc(-c5ccccc5)nc4c3)=C3C=NC=C[NH+]23)C1.[Cl-]. The van der Waals surface area contributed by atoms with Gasteiger partial charge in [-0.15, -0.1) is 0 Å². The number of quaternary nitrogens is 1. The molecule has 2 aliphatic heterocycles. The van der Waals surface area contributed by atoms with Gasteiger partial charge in [0.05, 0.1) is 42.6 Å². The lowest BCUT2D eigenvalue weighted by molar-refractivity contribution is -0.694. The molecule has 6 nitrogen and oxygen atoms in total. The molecule has 3 aromatic rings. The van der Waals surface area contributed by atoms with E-state index in [4.69, 9.17) is 14.7 Å². The molecule has 6 rings (SSSR count). The van der Waals surface area contributed by atoms with Gasteiger partial charge in [0.1, 0.15) is 11.9 Å². The Balaban J connectivity index is 0.00000241. The Morgan fingerprint density at radius 2 is 1.82 bits per heavy atom. The second-order valence-electron chi connectivity index (χ2n) is 8.63. The highest BCUT2D eigenvalue weighted by atomic mass is 35.5. The summed E-state index contributed by atoms with van der Waals surface area (Å²) in [5, 5.41) is 1.09. The number of nitrogens with one attached hydrogen (secondary N) is 1. The summed E-state index contributed by atoms with van der Waals surface area (Å²) in [6, 6.07) is 20.7. The molecule has 1 fully saturated rings. The first-order valence-electron chi connectivity index (χ1n) is 11.2. The summed E-state index contributed by atoms with van der Waals surface area (Å²) in [5.74, 6) is 1.15. The van der Waals surface area contributed by atoms with Gasteiger partial charge in [-0.1, -0.05) is 48.5 Å². The van der Waals surface area contributed by atoms with Gasteiger partial charge in [-0.3, -0.25) is 9.79 Å². The Bertz CT molecular complexity index is 1390. The van der Waals surface area contributed by atoms with Crippen LogP contribution in [-0.2, 0) is 9.53 Å². The summed E-state index contributed by atoms with van der Waals surface area (Å²) in [6.07, 6.45) is 7.28. The molecule has 1 aromatic heterocycles. The number of esters is 1. The second-order valence-corrected chi connectivity index (χ2v) is 8.63. The number of halogens is 1. The molecule has 1 atom stereocenters. The van der Waals surface area contributed by atoms with Crippen LogP contribution in [0.2, 0.25) is 0 Å². The molecule has 0 bridgehead atoms. The topological polar surface area (TPSA) is 68.3 Å². The number of nitrogens with zero attached hydrogens (tertiary/aromatic N) is 3. The van der Waals surface area contributed by atoms with Crippen LogP contribution in [0, 0.1) is 11.8 Å². The van der Waals surface area contributed by atoms with Crippen molar-refractivity contribution >= 4 is 34.6 Å². The molecule has 2 aromatic carbocycles. The van der Waals surface area contributed by atoms with E-state index >= 15 is 0 Å². The lowest BCUT2D eigenvalue weighted by Gasteiger charge is -2.33. The van der Waals surface area contributed by atoms with Gasteiger partial charge < -0.3 is 17.1 Å². The van der Waals surface area contributed by atoms with Crippen LogP contribution in [0.15, 0.2) is 88.7 Å². The third-order valence-electron chi connectivity index (χ3n) is 6.68. The van der Waals surface area contributed by atoms with Gasteiger partial charge in [-0.05, 0) is 25.0 Å². The monoisotopic (exact) mass is 470 g/mol. The zero-order chi connectivity index (χ0) is 22.4. The van der Waals surface area contributed by atoms with Crippen LogP contribution in [0.5, 0.6) is 0 Å². The van der Waals surface area contributed by atoms with E-state index in [2.05, 4.69) is 47.5 Å². The lowest BCUT2D eigenvalue weighted by Crippen LogP contribution is -3.09. The molecule has 1 aliphatic carbocycles. The highest BCUT2D eigenvalue weighted by Gasteiger charge is 2.46. The number of aromatic nitrogens is 1. The molecule has 170 valence electrons. The molecule has 1 N–H and O–H groups in total. The van der Waals surface area contributed by atoms with Crippen LogP contribution in [0.3, 0.4) is 0 Å². The Hall–Kier alpha value is -3.61. The first kappa shape index (κ1) is 22.2. The van der Waals surface area contributed by atoms with Gasteiger partial charge in [0.2, 0.25) is 5.84 Å². The zero-order valence-corrected chi connectivity index (χ0v) is 19.4. The standard InChI is InChI=1S/C27H22N4O2.ClH/c1-33-27(32)21-13-20(14-21)26-30-25(24-16-28-11-12-31(24)26)19-8-7-18-9-10-22(29-23(18)15-19)17-5-3-2-4-6-17;/h2-12,15-16,20-21H,13-14H2,1H3;1H. The van der Waals surface area contributed by atoms with Crippen LogP contribution in [-0.4, -0.2) is 30.1 Å². The number of fused-ring (bicyclic) bond motifs is 2. The Morgan fingerprint density at radius 3 is 2.62 bits per heavy atom. The summed E-state index contributed by atoms with van der Waals surface area (Å²) < 4.78 is 4.91. The number of allylic oxidation sites excluding steroid dienone is 1. The molecule has 3 aliphatic rings. The van der Waals surface area contributed by atoms with E-state index in [1.807, 2.05) is 36.8 Å². The number of rotatable bonds is 4. The fourth-order valence-corrected chi connectivity index (χ4v) is 4.81. The van der Waals surface area contributed by atoms with Crippen LogP contribution in [0.4, 0.5) is 0 Å². The maximum Gasteiger partial charge on any atom is 0.308 e. The molecule has 1 unspecified atom stereocenters. The van der Waals surface area contributed by atoms with Crippen LogP contribution in [0.1, 0.15) is 18.4 Å². The minimum absolute atomic E-state index is 0. The number of carbonyl (C=O) groups is 1. The van der Waals surface area contributed by atoms with Crippen molar-refractivity contribution < 1.29 is 26.8 Å². The van der Waals surface area contributed by atoms with E-state index in [0.29, 0.717) is 0 Å². The van der Waals surface area contributed by atoms with Crippen LogP contribution < -0.4 is 17.3 Å². The number of hydrogen-bond donors (Lipinski definition) is 1. The average molecular weight is 471 g/mol. The van der Waals surface area contributed by atoms with Crippen molar-refractivity contribution in [2.75, 3.05) is 7.11 Å². The van der Waals surface area contributed by atoms with Gasteiger partial charge >= 0.3 is 5.97 Å². The number of carbonyl (C=O) groups excluding carboxylic acids is 1. The molecule has 3 heterocycles. The second kappa shape index (κ2) is 8.97. The van der Waals surface area contributed by atoms with Crippen molar-refractivity contribution in [3.63, 3.8) is 0 Å². The fraction of sp³-hybridized carbons (Fsp3) is 0.185. The smallest absolute Gasteiger partial charge is 0.308 e. The summed E-state index contributed by atoms with van der Waals surface area (Å²) >= 11 is 0. The van der Waals surface area contributed by atoms with Crippen molar-refractivity contribution in [3.8, 4) is 11.3 Å². The number of ether oxygens (including phenoxy) is 1. The van der Waals surface area contributed by atoms with Gasteiger partial charge in [-0.25, -0.2) is 9.88 Å². The van der Waals surface area contributed by atoms with E-state index < -0.39 is 0 Å². The Labute approximate surface area is 203 Å². The first-order valence-corrected chi connectivity index (χ1v) is 11.2. The zero-order valence-electron chi connectivity index (χ0n) is 18.6. The lowest BCUT2D eigenvalue weighted by atomic mass is 9.74. The highest BCUT2D eigenvalue weighted by Crippen LogP contribution is 2.37.